The molecule has 1 aliphatic carbocycles. The average molecular weight is 315 g/mol. The van der Waals surface area contributed by atoms with E-state index in [4.69, 9.17) is 14.2 Å². The zero-order valence-electron chi connectivity index (χ0n) is 13.2. The van der Waals surface area contributed by atoms with Crippen molar-refractivity contribution in [2.45, 2.75) is 25.3 Å². The smallest absolute Gasteiger partial charge is 0.334 e. The first kappa shape index (κ1) is 15.6. The van der Waals surface area contributed by atoms with Crippen molar-refractivity contribution >= 4 is 5.97 Å². The summed E-state index contributed by atoms with van der Waals surface area (Å²) in [6, 6.07) is -0.0294. The van der Waals surface area contributed by atoms with Crippen LogP contribution in [0.1, 0.15) is 19.3 Å². The molecular formula is C18H21NO4. The second-order valence-electron chi connectivity index (χ2n) is 5.64. The molecule has 2 aliphatic heterocycles. The Morgan fingerprint density at radius 3 is 2.96 bits per heavy atom. The van der Waals surface area contributed by atoms with Crippen molar-refractivity contribution < 1.29 is 19.0 Å². The largest absolute Gasteiger partial charge is 0.466 e. The molecule has 0 spiro atoms. The van der Waals surface area contributed by atoms with E-state index < -0.39 is 0 Å². The Hall–Kier alpha value is -2.27. The van der Waals surface area contributed by atoms with Gasteiger partial charge in [-0.3, -0.25) is 4.90 Å². The molecule has 0 aromatic rings. The lowest BCUT2D eigenvalue weighted by molar-refractivity contribution is -0.136. The van der Waals surface area contributed by atoms with E-state index in [0.29, 0.717) is 12.1 Å². The molecule has 0 radical (unpaired) electrons. The van der Waals surface area contributed by atoms with Crippen LogP contribution in [0.25, 0.3) is 0 Å². The summed E-state index contributed by atoms with van der Waals surface area (Å²) in [5, 5.41) is 0. The molecule has 23 heavy (non-hydrogen) atoms. The van der Waals surface area contributed by atoms with Crippen LogP contribution in [0.4, 0.5) is 0 Å². The first-order chi connectivity index (χ1) is 11.3. The van der Waals surface area contributed by atoms with Gasteiger partial charge in [0.2, 0.25) is 0 Å². The van der Waals surface area contributed by atoms with E-state index in [-0.39, 0.29) is 12.0 Å². The first-order valence-electron chi connectivity index (χ1n) is 7.84. The van der Waals surface area contributed by atoms with Gasteiger partial charge in [-0.05, 0) is 24.8 Å². The highest BCUT2D eigenvalue weighted by Gasteiger charge is 2.31. The molecule has 2 heterocycles. The van der Waals surface area contributed by atoms with Gasteiger partial charge in [0.1, 0.15) is 18.8 Å². The van der Waals surface area contributed by atoms with E-state index in [1.165, 1.54) is 18.9 Å². The second kappa shape index (κ2) is 7.33. The maximum absolute atomic E-state index is 11.9. The number of ether oxygens (including phenoxy) is 3. The lowest BCUT2D eigenvalue weighted by Gasteiger charge is -2.36. The van der Waals surface area contributed by atoms with Crippen molar-refractivity contribution in [1.82, 2.24) is 4.90 Å². The Labute approximate surface area is 136 Å². The number of allylic oxidation sites excluding steroid dienone is 3. The molecular weight excluding hydrogens is 294 g/mol. The Balaban J connectivity index is 1.85. The van der Waals surface area contributed by atoms with Crippen LogP contribution in [0.15, 0.2) is 60.0 Å². The predicted molar refractivity (Wildman–Crippen MR) is 85.9 cm³/mol. The van der Waals surface area contributed by atoms with Gasteiger partial charge in [-0.25, -0.2) is 4.79 Å². The molecule has 3 aliphatic rings. The topological polar surface area (TPSA) is 48.0 Å². The van der Waals surface area contributed by atoms with Crippen molar-refractivity contribution in [2.75, 3.05) is 20.2 Å². The van der Waals surface area contributed by atoms with E-state index in [1.807, 2.05) is 6.08 Å². The number of nitrogens with zero attached hydrogens (tertiary/aromatic N) is 1. The SMILES string of the molecule is COC(=O)C1=CCCN(C(C2=CC=CCC2)C2=COC=CO2)C1. The number of methoxy groups -OCH3 is 1. The molecule has 3 rings (SSSR count). The second-order valence-corrected chi connectivity index (χ2v) is 5.64. The molecule has 122 valence electrons. The van der Waals surface area contributed by atoms with Gasteiger partial charge >= 0.3 is 5.97 Å². The van der Waals surface area contributed by atoms with Crippen LogP contribution < -0.4 is 0 Å². The Kier molecular flexibility index (Phi) is 4.98. The molecule has 0 aromatic carbocycles. The summed E-state index contributed by atoms with van der Waals surface area (Å²) in [4.78, 5) is 14.1. The fourth-order valence-corrected chi connectivity index (χ4v) is 3.11. The van der Waals surface area contributed by atoms with Crippen LogP contribution in [0.5, 0.6) is 0 Å². The minimum absolute atomic E-state index is 0.0294. The van der Waals surface area contributed by atoms with Crippen LogP contribution in [0, 0.1) is 0 Å². The molecule has 0 saturated carbocycles. The summed E-state index contributed by atoms with van der Waals surface area (Å²) in [7, 11) is 1.42. The Morgan fingerprint density at radius 2 is 2.26 bits per heavy atom. The van der Waals surface area contributed by atoms with Crippen LogP contribution in [0.2, 0.25) is 0 Å². The molecule has 1 unspecified atom stereocenters. The standard InChI is InChI=1S/C18H21NO4/c1-21-18(20)15-8-5-9-19(12-15)17(14-6-3-2-4-7-14)16-13-22-10-11-23-16/h2-3,6,8,10-11,13,17H,4-5,7,9,12H2,1H3. The minimum atomic E-state index is -0.263. The highest BCUT2D eigenvalue weighted by Crippen LogP contribution is 2.30. The summed E-state index contributed by atoms with van der Waals surface area (Å²) >= 11 is 0. The Bertz CT molecular complexity index is 613. The fourth-order valence-electron chi connectivity index (χ4n) is 3.11. The van der Waals surface area contributed by atoms with Crippen LogP contribution >= 0.6 is 0 Å². The molecule has 0 fully saturated rings. The summed E-state index contributed by atoms with van der Waals surface area (Å²) in [5.41, 5.74) is 1.97. The van der Waals surface area contributed by atoms with Gasteiger partial charge in [0, 0.05) is 18.7 Å². The van der Waals surface area contributed by atoms with E-state index in [2.05, 4.69) is 23.1 Å². The maximum atomic E-state index is 11.9. The van der Waals surface area contributed by atoms with Crippen molar-refractivity contribution in [1.29, 1.82) is 0 Å². The van der Waals surface area contributed by atoms with Crippen molar-refractivity contribution in [3.05, 3.63) is 60.0 Å². The normalized spacial score (nSPS) is 22.2. The lowest BCUT2D eigenvalue weighted by atomic mass is 9.93. The molecule has 0 aromatic heterocycles. The summed E-state index contributed by atoms with van der Waals surface area (Å²) in [6.45, 7) is 1.40. The maximum Gasteiger partial charge on any atom is 0.334 e. The van der Waals surface area contributed by atoms with Gasteiger partial charge in [-0.1, -0.05) is 24.3 Å². The molecule has 5 nitrogen and oxygen atoms in total. The van der Waals surface area contributed by atoms with Gasteiger partial charge in [0.15, 0.2) is 5.76 Å². The molecule has 0 saturated heterocycles. The van der Waals surface area contributed by atoms with Crippen molar-refractivity contribution in [2.24, 2.45) is 0 Å². The molecule has 0 N–H and O–H groups in total. The third-order valence-corrected chi connectivity index (χ3v) is 4.18. The van der Waals surface area contributed by atoms with Gasteiger partial charge in [0.05, 0.1) is 13.2 Å². The van der Waals surface area contributed by atoms with E-state index in [9.17, 15) is 4.79 Å². The van der Waals surface area contributed by atoms with Gasteiger partial charge in [-0.2, -0.15) is 0 Å². The summed E-state index contributed by atoms with van der Waals surface area (Å²) in [5.74, 6) is 0.487. The highest BCUT2D eigenvalue weighted by molar-refractivity contribution is 5.89. The monoisotopic (exact) mass is 315 g/mol. The van der Waals surface area contributed by atoms with Gasteiger partial charge < -0.3 is 14.2 Å². The average Bonchev–Trinajstić information content (AvgIpc) is 2.63. The number of carbonyl (C=O) groups excluding carboxylic acids is 1. The first-order valence-corrected chi connectivity index (χ1v) is 7.84. The third kappa shape index (κ3) is 3.56. The molecule has 0 amide bonds. The van der Waals surface area contributed by atoms with Crippen molar-refractivity contribution in [3.63, 3.8) is 0 Å². The third-order valence-electron chi connectivity index (χ3n) is 4.18. The number of carbonyl (C=O) groups is 1. The summed E-state index contributed by atoms with van der Waals surface area (Å²) in [6.07, 6.45) is 15.8. The lowest BCUT2D eigenvalue weighted by Crippen LogP contribution is -2.43. The number of hydrogen-bond donors (Lipinski definition) is 0. The van der Waals surface area contributed by atoms with Gasteiger partial charge in [-0.15, -0.1) is 0 Å². The predicted octanol–water partition coefficient (Wildman–Crippen LogP) is 2.80. The van der Waals surface area contributed by atoms with Crippen LogP contribution in [-0.4, -0.2) is 37.1 Å². The number of rotatable bonds is 4. The number of esters is 1. The van der Waals surface area contributed by atoms with E-state index in [0.717, 1.165) is 31.6 Å². The molecule has 5 heteroatoms. The summed E-state index contributed by atoms with van der Waals surface area (Å²) < 4.78 is 15.8. The Morgan fingerprint density at radius 1 is 1.35 bits per heavy atom. The number of hydrogen-bond acceptors (Lipinski definition) is 5. The minimum Gasteiger partial charge on any atom is -0.466 e. The highest BCUT2D eigenvalue weighted by atomic mass is 16.5. The molecule has 1 atom stereocenters. The van der Waals surface area contributed by atoms with Crippen LogP contribution in [0.3, 0.4) is 0 Å². The zero-order valence-corrected chi connectivity index (χ0v) is 13.2. The van der Waals surface area contributed by atoms with Gasteiger partial charge in [0.25, 0.3) is 0 Å². The van der Waals surface area contributed by atoms with E-state index >= 15 is 0 Å². The quantitative estimate of drug-likeness (QED) is 0.747. The zero-order chi connectivity index (χ0) is 16.1. The van der Waals surface area contributed by atoms with E-state index in [1.54, 1.807) is 12.5 Å². The fraction of sp³-hybridized carbons (Fsp3) is 0.389. The molecule has 0 bridgehead atoms. The van der Waals surface area contributed by atoms with Crippen molar-refractivity contribution in [3.8, 4) is 0 Å². The van der Waals surface area contributed by atoms with Crippen LogP contribution in [-0.2, 0) is 19.0 Å².